The van der Waals surface area contributed by atoms with Crippen molar-refractivity contribution < 1.29 is 13.2 Å². The van der Waals surface area contributed by atoms with Crippen LogP contribution in [0.2, 0.25) is 0 Å². The van der Waals surface area contributed by atoms with Crippen molar-refractivity contribution in [3.05, 3.63) is 11.4 Å². The van der Waals surface area contributed by atoms with Gasteiger partial charge in [-0.3, -0.25) is 9.89 Å². The number of hydrogen-bond acceptors (Lipinski definition) is 4. The van der Waals surface area contributed by atoms with Crippen LogP contribution in [0, 0.1) is 6.92 Å². The Kier molecular flexibility index (Phi) is 2.67. The molecule has 0 atom stereocenters. The standard InChI is InChI=1S/C8H10ClN3O3S/c1-4-7(16(9,14)15)6(12-11-4)8(13)10-5-2-3-5/h5H,2-3H2,1H3,(H,10,13)(H,11,12). The number of nitrogens with zero attached hydrogens (tertiary/aromatic N) is 1. The number of aryl methyl sites for hydroxylation is 1. The number of aromatic amines is 1. The fourth-order valence-electron chi connectivity index (χ4n) is 1.35. The van der Waals surface area contributed by atoms with Crippen molar-refractivity contribution in [2.75, 3.05) is 0 Å². The minimum Gasteiger partial charge on any atom is -0.348 e. The van der Waals surface area contributed by atoms with Crippen molar-refractivity contribution in [3.8, 4) is 0 Å². The predicted molar refractivity (Wildman–Crippen MR) is 56.9 cm³/mol. The van der Waals surface area contributed by atoms with E-state index in [1.807, 2.05) is 0 Å². The fraction of sp³-hybridized carbons (Fsp3) is 0.500. The first kappa shape index (κ1) is 11.4. The van der Waals surface area contributed by atoms with Gasteiger partial charge in [0, 0.05) is 16.7 Å². The number of carbonyl (C=O) groups is 1. The molecule has 88 valence electrons. The fourth-order valence-corrected chi connectivity index (χ4v) is 2.70. The molecule has 2 rings (SSSR count). The van der Waals surface area contributed by atoms with Crippen LogP contribution in [0.25, 0.3) is 0 Å². The molecular formula is C8H10ClN3O3S. The number of rotatable bonds is 3. The third-order valence-corrected chi connectivity index (χ3v) is 3.71. The molecule has 1 fully saturated rings. The molecule has 0 saturated heterocycles. The summed E-state index contributed by atoms with van der Waals surface area (Å²) in [7, 11) is 1.28. The molecule has 8 heteroatoms. The molecule has 2 N–H and O–H groups in total. The van der Waals surface area contributed by atoms with Crippen LogP contribution in [0.3, 0.4) is 0 Å². The van der Waals surface area contributed by atoms with E-state index in [0.29, 0.717) is 0 Å². The summed E-state index contributed by atoms with van der Waals surface area (Å²) < 4.78 is 22.5. The van der Waals surface area contributed by atoms with Crippen LogP contribution in [0.15, 0.2) is 4.90 Å². The van der Waals surface area contributed by atoms with E-state index in [9.17, 15) is 13.2 Å². The number of aromatic nitrogens is 2. The topological polar surface area (TPSA) is 91.9 Å². The Labute approximate surface area is 96.8 Å². The van der Waals surface area contributed by atoms with Crippen LogP contribution in [-0.4, -0.2) is 30.6 Å². The highest BCUT2D eigenvalue weighted by atomic mass is 35.7. The molecule has 0 aliphatic heterocycles. The van der Waals surface area contributed by atoms with Gasteiger partial charge in [-0.1, -0.05) is 0 Å². The van der Waals surface area contributed by atoms with Crippen LogP contribution in [0.1, 0.15) is 29.0 Å². The molecule has 1 aliphatic rings. The van der Waals surface area contributed by atoms with Crippen molar-refractivity contribution in [2.45, 2.75) is 30.7 Å². The lowest BCUT2D eigenvalue weighted by molar-refractivity contribution is 0.0943. The predicted octanol–water partition coefficient (Wildman–Crippen LogP) is 0.538. The largest absolute Gasteiger partial charge is 0.348 e. The van der Waals surface area contributed by atoms with E-state index in [0.717, 1.165) is 12.8 Å². The van der Waals surface area contributed by atoms with Gasteiger partial charge in [0.05, 0.1) is 5.69 Å². The summed E-state index contributed by atoms with van der Waals surface area (Å²) in [6.45, 7) is 1.50. The van der Waals surface area contributed by atoms with E-state index in [2.05, 4.69) is 15.5 Å². The molecule has 1 amide bonds. The maximum atomic E-state index is 11.7. The van der Waals surface area contributed by atoms with Gasteiger partial charge in [-0.15, -0.1) is 0 Å². The Hall–Kier alpha value is -1.08. The van der Waals surface area contributed by atoms with Gasteiger partial charge in [0.1, 0.15) is 4.90 Å². The number of hydrogen-bond donors (Lipinski definition) is 2. The Bertz CT molecular complexity index is 533. The molecule has 1 aliphatic carbocycles. The molecule has 6 nitrogen and oxygen atoms in total. The number of carbonyl (C=O) groups excluding carboxylic acids is 1. The molecule has 1 aromatic rings. The Morgan fingerprint density at radius 1 is 1.56 bits per heavy atom. The summed E-state index contributed by atoms with van der Waals surface area (Å²) in [6, 6.07) is 0.135. The molecule has 1 aromatic heterocycles. The summed E-state index contributed by atoms with van der Waals surface area (Å²) in [5.74, 6) is -0.508. The van der Waals surface area contributed by atoms with Crippen molar-refractivity contribution in [1.29, 1.82) is 0 Å². The van der Waals surface area contributed by atoms with Crippen molar-refractivity contribution in [3.63, 3.8) is 0 Å². The highest BCUT2D eigenvalue weighted by Gasteiger charge is 2.30. The van der Waals surface area contributed by atoms with Crippen molar-refractivity contribution >= 4 is 25.6 Å². The first-order valence-electron chi connectivity index (χ1n) is 4.70. The molecule has 0 unspecified atom stereocenters. The Morgan fingerprint density at radius 2 is 2.19 bits per heavy atom. The second kappa shape index (κ2) is 3.74. The van der Waals surface area contributed by atoms with Crippen LogP contribution in [-0.2, 0) is 9.05 Å². The maximum absolute atomic E-state index is 11.7. The summed E-state index contributed by atoms with van der Waals surface area (Å²) in [5, 5.41) is 8.76. The summed E-state index contributed by atoms with van der Waals surface area (Å²) in [5.41, 5.74) is 0.0929. The first-order chi connectivity index (χ1) is 7.39. The molecular weight excluding hydrogens is 254 g/mol. The van der Waals surface area contributed by atoms with Crippen LogP contribution in [0.5, 0.6) is 0 Å². The van der Waals surface area contributed by atoms with Crippen molar-refractivity contribution in [1.82, 2.24) is 15.5 Å². The lowest BCUT2D eigenvalue weighted by Crippen LogP contribution is -2.26. The number of H-pyrrole nitrogens is 1. The minimum absolute atomic E-state index is 0.135. The maximum Gasteiger partial charge on any atom is 0.273 e. The van der Waals surface area contributed by atoms with E-state index < -0.39 is 15.0 Å². The van der Waals surface area contributed by atoms with Gasteiger partial charge in [0.25, 0.3) is 15.0 Å². The summed E-state index contributed by atoms with van der Waals surface area (Å²) in [6.07, 6.45) is 1.83. The van der Waals surface area contributed by atoms with Gasteiger partial charge < -0.3 is 5.32 Å². The second-order valence-electron chi connectivity index (χ2n) is 3.71. The molecule has 0 radical (unpaired) electrons. The zero-order chi connectivity index (χ0) is 11.9. The molecule has 0 aromatic carbocycles. The highest BCUT2D eigenvalue weighted by Crippen LogP contribution is 2.24. The second-order valence-corrected chi connectivity index (χ2v) is 6.21. The zero-order valence-electron chi connectivity index (χ0n) is 8.45. The highest BCUT2D eigenvalue weighted by molar-refractivity contribution is 8.13. The molecule has 16 heavy (non-hydrogen) atoms. The zero-order valence-corrected chi connectivity index (χ0v) is 10.0. The molecule has 1 saturated carbocycles. The van der Waals surface area contributed by atoms with Crippen molar-refractivity contribution in [2.24, 2.45) is 0 Å². The van der Waals surface area contributed by atoms with Gasteiger partial charge in [-0.25, -0.2) is 8.42 Å². The SMILES string of the molecule is Cc1[nH]nc(C(=O)NC2CC2)c1S(=O)(=O)Cl. The van der Waals surface area contributed by atoms with E-state index in [4.69, 9.17) is 10.7 Å². The Balaban J connectivity index is 2.37. The van der Waals surface area contributed by atoms with E-state index >= 15 is 0 Å². The van der Waals surface area contributed by atoms with E-state index in [1.54, 1.807) is 0 Å². The van der Waals surface area contributed by atoms with Gasteiger partial charge in [0.15, 0.2) is 5.69 Å². The first-order valence-corrected chi connectivity index (χ1v) is 7.01. The smallest absolute Gasteiger partial charge is 0.273 e. The van der Waals surface area contributed by atoms with Gasteiger partial charge in [-0.2, -0.15) is 5.10 Å². The Morgan fingerprint density at radius 3 is 2.69 bits per heavy atom. The van der Waals surface area contributed by atoms with Gasteiger partial charge in [-0.05, 0) is 19.8 Å². The average Bonchev–Trinajstić information content (AvgIpc) is 2.84. The van der Waals surface area contributed by atoms with Gasteiger partial charge in [0.2, 0.25) is 0 Å². The quantitative estimate of drug-likeness (QED) is 0.779. The average molecular weight is 264 g/mol. The lowest BCUT2D eigenvalue weighted by Gasteiger charge is -2.01. The number of nitrogens with one attached hydrogen (secondary N) is 2. The third-order valence-electron chi connectivity index (χ3n) is 2.26. The monoisotopic (exact) mass is 263 g/mol. The van der Waals surface area contributed by atoms with Crippen LogP contribution < -0.4 is 5.32 Å². The lowest BCUT2D eigenvalue weighted by atomic mass is 10.3. The normalized spacial score (nSPS) is 16.1. The number of amides is 1. The summed E-state index contributed by atoms with van der Waals surface area (Å²) in [4.78, 5) is 11.4. The van der Waals surface area contributed by atoms with Crippen LogP contribution >= 0.6 is 10.7 Å². The molecule has 1 heterocycles. The van der Waals surface area contributed by atoms with Crippen LogP contribution in [0.4, 0.5) is 0 Å². The summed E-state index contributed by atoms with van der Waals surface area (Å²) >= 11 is 0. The van der Waals surface area contributed by atoms with E-state index in [-0.39, 0.29) is 22.3 Å². The van der Waals surface area contributed by atoms with Gasteiger partial charge >= 0.3 is 0 Å². The molecule has 0 bridgehead atoms. The minimum atomic E-state index is -3.96. The third kappa shape index (κ3) is 2.19. The van der Waals surface area contributed by atoms with E-state index in [1.165, 1.54) is 6.92 Å². The molecule has 0 spiro atoms. The number of halogens is 1.